The number of benzene rings is 10. The van der Waals surface area contributed by atoms with Gasteiger partial charge in [-0.15, -0.1) is 11.3 Å². The Balaban J connectivity index is 1.16. The molecule has 0 aliphatic heterocycles. The van der Waals surface area contributed by atoms with E-state index in [2.05, 4.69) is 259 Å². The summed E-state index contributed by atoms with van der Waals surface area (Å²) in [5.41, 5.74) is 17.1. The molecule has 0 aliphatic rings. The van der Waals surface area contributed by atoms with Gasteiger partial charge in [-0.3, -0.25) is 0 Å². The Bertz CT molecular complexity index is 3910. The summed E-state index contributed by atoms with van der Waals surface area (Å²) in [6.07, 6.45) is 0. The first-order valence-electron chi connectivity index (χ1n) is 24.1. The number of rotatable bonds is 7. The molecule has 3 heteroatoms. The molecular weight excluding hydrogens is 855 g/mol. The van der Waals surface area contributed by atoms with Gasteiger partial charge < -0.3 is 9.32 Å². The highest BCUT2D eigenvalue weighted by atomic mass is 32.1. The smallest absolute Gasteiger partial charge is 0.136 e. The van der Waals surface area contributed by atoms with E-state index in [0.717, 1.165) is 55.7 Å². The van der Waals surface area contributed by atoms with Gasteiger partial charge in [0, 0.05) is 53.2 Å². The summed E-state index contributed by atoms with van der Waals surface area (Å²) in [5.74, 6) is 0. The molecule has 0 N–H and O–H groups in total. The molecule has 12 aromatic rings. The van der Waals surface area contributed by atoms with Gasteiger partial charge in [0.1, 0.15) is 11.2 Å². The highest BCUT2D eigenvalue weighted by molar-refractivity contribution is 7.26. The van der Waals surface area contributed by atoms with Crippen LogP contribution in [0.3, 0.4) is 0 Å². The number of para-hydroxylation sites is 4. The van der Waals surface area contributed by atoms with Gasteiger partial charge in [-0.25, -0.2) is 0 Å². The summed E-state index contributed by atoms with van der Waals surface area (Å²) < 4.78 is 9.11. The zero-order chi connectivity index (χ0) is 47.0. The van der Waals surface area contributed by atoms with Crippen LogP contribution in [0.1, 0.15) is 52.7 Å². The highest BCUT2D eigenvalue weighted by Gasteiger charge is 2.27. The van der Waals surface area contributed by atoms with Crippen molar-refractivity contribution in [2.75, 3.05) is 4.90 Å². The molecule has 2 nitrogen and oxygen atoms in total. The fourth-order valence-corrected chi connectivity index (χ4v) is 11.7. The molecule has 12 rings (SSSR count). The molecule has 0 saturated heterocycles. The fraction of sp³-hybridized carbons (Fsp3) is 0.121. The van der Waals surface area contributed by atoms with E-state index in [-0.39, 0.29) is 10.8 Å². The van der Waals surface area contributed by atoms with Crippen LogP contribution in [0, 0.1) is 0 Å². The van der Waals surface area contributed by atoms with Crippen LogP contribution in [-0.4, -0.2) is 0 Å². The SMILES string of the molecule is CC(C)(C)c1cc(-c2cccc3cccc(-c4ccccc4N(c4ccccc4-c4cccc5c4sc4ccccc45)c4ccccc4-c4cccc5oc6ccccc6c45)c23)cc(C(C)(C)C)c1. The lowest BCUT2D eigenvalue weighted by Gasteiger charge is -2.32. The third-order valence-electron chi connectivity index (χ3n) is 14.0. The molecule has 334 valence electrons. The second-order valence-electron chi connectivity index (χ2n) is 20.5. The number of nitrogens with zero attached hydrogens (tertiary/aromatic N) is 1. The van der Waals surface area contributed by atoms with Crippen LogP contribution >= 0.6 is 11.3 Å². The van der Waals surface area contributed by atoms with E-state index in [4.69, 9.17) is 4.42 Å². The Morgan fingerprint density at radius 2 is 0.812 bits per heavy atom. The van der Waals surface area contributed by atoms with Crippen LogP contribution in [0.15, 0.2) is 217 Å². The summed E-state index contributed by atoms with van der Waals surface area (Å²) in [6, 6.07) is 78.4. The number of anilines is 3. The van der Waals surface area contributed by atoms with Crippen LogP contribution in [-0.2, 0) is 10.8 Å². The average molecular weight is 908 g/mol. The average Bonchev–Trinajstić information content (AvgIpc) is 3.95. The molecule has 2 heterocycles. The maximum absolute atomic E-state index is 6.53. The number of thiophene rings is 1. The van der Waals surface area contributed by atoms with Crippen LogP contribution in [0.25, 0.3) is 97.4 Å². The topological polar surface area (TPSA) is 16.4 Å². The number of fused-ring (bicyclic) bond motifs is 7. The Kier molecular flexibility index (Phi) is 10.2. The Morgan fingerprint density at radius 1 is 0.362 bits per heavy atom. The minimum absolute atomic E-state index is 0.0233. The van der Waals surface area contributed by atoms with E-state index < -0.39 is 0 Å². The van der Waals surface area contributed by atoms with Gasteiger partial charge >= 0.3 is 0 Å². The third kappa shape index (κ3) is 7.32. The molecule has 0 spiro atoms. The Hall–Kier alpha value is -7.72. The summed E-state index contributed by atoms with van der Waals surface area (Å²) in [7, 11) is 0. The maximum atomic E-state index is 6.53. The van der Waals surface area contributed by atoms with E-state index in [0.29, 0.717) is 0 Å². The van der Waals surface area contributed by atoms with E-state index in [1.807, 2.05) is 11.3 Å². The molecule has 0 unspecified atom stereocenters. The highest BCUT2D eigenvalue weighted by Crippen LogP contribution is 2.52. The number of hydrogen-bond acceptors (Lipinski definition) is 3. The molecule has 2 aromatic heterocycles. The molecule has 0 radical (unpaired) electrons. The van der Waals surface area contributed by atoms with Gasteiger partial charge in [0.25, 0.3) is 0 Å². The maximum Gasteiger partial charge on any atom is 0.136 e. The third-order valence-corrected chi connectivity index (χ3v) is 15.2. The molecule has 0 saturated carbocycles. The van der Waals surface area contributed by atoms with Crippen molar-refractivity contribution in [1.82, 2.24) is 0 Å². The lowest BCUT2D eigenvalue weighted by atomic mass is 9.78. The van der Waals surface area contributed by atoms with Crippen LogP contribution in [0.2, 0.25) is 0 Å². The minimum Gasteiger partial charge on any atom is -0.456 e. The van der Waals surface area contributed by atoms with Crippen LogP contribution < -0.4 is 4.90 Å². The number of furan rings is 1. The van der Waals surface area contributed by atoms with Crippen molar-refractivity contribution < 1.29 is 4.42 Å². The van der Waals surface area contributed by atoms with Gasteiger partial charge in [0.2, 0.25) is 0 Å². The summed E-state index contributed by atoms with van der Waals surface area (Å²) >= 11 is 1.88. The van der Waals surface area contributed by atoms with E-state index >= 15 is 0 Å². The number of hydrogen-bond donors (Lipinski definition) is 0. The first kappa shape index (κ1) is 42.6. The van der Waals surface area contributed by atoms with Gasteiger partial charge in [0.15, 0.2) is 0 Å². The van der Waals surface area contributed by atoms with Crippen molar-refractivity contribution in [3.8, 4) is 44.5 Å². The van der Waals surface area contributed by atoms with Gasteiger partial charge in [0.05, 0.1) is 17.1 Å². The van der Waals surface area contributed by atoms with E-state index in [9.17, 15) is 0 Å². The zero-order valence-corrected chi connectivity index (χ0v) is 40.8. The molecule has 69 heavy (non-hydrogen) atoms. The molecule has 0 amide bonds. The molecule has 0 atom stereocenters. The van der Waals surface area contributed by atoms with E-state index in [1.54, 1.807) is 0 Å². The zero-order valence-electron chi connectivity index (χ0n) is 40.0. The molecule has 0 fully saturated rings. The predicted octanol–water partition coefficient (Wildman–Crippen LogP) is 19.8. The second-order valence-corrected chi connectivity index (χ2v) is 21.5. The van der Waals surface area contributed by atoms with Crippen molar-refractivity contribution in [3.05, 3.63) is 223 Å². The van der Waals surface area contributed by atoms with Crippen molar-refractivity contribution in [1.29, 1.82) is 0 Å². The molecular formula is C66H53NOS. The predicted molar refractivity (Wildman–Crippen MR) is 298 cm³/mol. The minimum atomic E-state index is -0.0233. The largest absolute Gasteiger partial charge is 0.456 e. The molecule has 0 aliphatic carbocycles. The van der Waals surface area contributed by atoms with Crippen LogP contribution in [0.4, 0.5) is 17.1 Å². The Labute approximate surface area is 408 Å². The summed E-state index contributed by atoms with van der Waals surface area (Å²) in [4.78, 5) is 2.53. The van der Waals surface area contributed by atoms with Crippen molar-refractivity contribution in [2.24, 2.45) is 0 Å². The fourth-order valence-electron chi connectivity index (χ4n) is 10.5. The summed E-state index contributed by atoms with van der Waals surface area (Å²) in [5, 5.41) is 7.24. The van der Waals surface area contributed by atoms with Crippen molar-refractivity contribution >= 4 is 81.3 Å². The first-order chi connectivity index (χ1) is 33.5. The van der Waals surface area contributed by atoms with E-state index in [1.165, 1.54) is 69.9 Å². The molecule has 10 aromatic carbocycles. The van der Waals surface area contributed by atoms with Gasteiger partial charge in [-0.2, -0.15) is 0 Å². The quantitative estimate of drug-likeness (QED) is 0.158. The van der Waals surface area contributed by atoms with Gasteiger partial charge in [-0.1, -0.05) is 217 Å². The first-order valence-corrected chi connectivity index (χ1v) is 24.9. The van der Waals surface area contributed by atoms with Gasteiger partial charge in [-0.05, 0) is 91.4 Å². The van der Waals surface area contributed by atoms with Crippen molar-refractivity contribution in [2.45, 2.75) is 52.4 Å². The van der Waals surface area contributed by atoms with Crippen LogP contribution in [0.5, 0.6) is 0 Å². The molecule has 0 bridgehead atoms. The lowest BCUT2D eigenvalue weighted by Crippen LogP contribution is -2.16. The normalized spacial score (nSPS) is 12.2. The standard InChI is InChI=1S/C66H53NOS/c1-65(2,3)44-39-43(40-45(41-44)66(4,5)6)46-28-17-21-42-22-18-29-51(62(42)46)47-23-7-12-33-56(47)67(57-34-13-8-24-48(57)52-30-20-37-60-63(52)55-27-10-15-36-59(55)68-60)58-35-14-9-25-49(58)53-31-19-32-54-50-26-11-16-38-61(50)69-64(53)54/h7-41H,1-6H3. The van der Waals surface area contributed by atoms with Crippen molar-refractivity contribution in [3.63, 3.8) is 0 Å². The summed E-state index contributed by atoms with van der Waals surface area (Å²) in [6.45, 7) is 13.9. The monoisotopic (exact) mass is 907 g/mol. The second kappa shape index (κ2) is 16.5. The lowest BCUT2D eigenvalue weighted by molar-refractivity contribution is 0.569. The Morgan fingerprint density at radius 3 is 1.45 bits per heavy atom.